The first-order chi connectivity index (χ1) is 10.0. The fraction of sp³-hybridized carbons (Fsp3) is 0.600. The van der Waals surface area contributed by atoms with Gasteiger partial charge in [0.1, 0.15) is 5.75 Å². The highest BCUT2D eigenvalue weighted by atomic mass is 16.5. The number of pyridine rings is 1. The Balaban J connectivity index is 2.41. The van der Waals surface area contributed by atoms with E-state index in [1.54, 1.807) is 20.2 Å². The second kappa shape index (κ2) is 9.31. The zero-order valence-corrected chi connectivity index (χ0v) is 13.2. The van der Waals surface area contributed by atoms with Crippen LogP contribution in [-0.2, 0) is 16.1 Å². The molecule has 1 atom stereocenters. The van der Waals surface area contributed by atoms with E-state index in [2.05, 4.69) is 15.6 Å². The van der Waals surface area contributed by atoms with Crippen molar-refractivity contribution in [1.29, 1.82) is 0 Å². The molecule has 0 aliphatic heterocycles. The molecule has 0 aliphatic rings. The first kappa shape index (κ1) is 17.4. The Morgan fingerprint density at radius 1 is 1.33 bits per heavy atom. The van der Waals surface area contributed by atoms with Gasteiger partial charge in [0.25, 0.3) is 5.91 Å². The summed E-state index contributed by atoms with van der Waals surface area (Å²) in [5, 5.41) is 6.02. The van der Waals surface area contributed by atoms with Crippen molar-refractivity contribution in [3.8, 4) is 5.75 Å². The van der Waals surface area contributed by atoms with Crippen LogP contribution in [-0.4, -0.2) is 43.3 Å². The number of aromatic nitrogens is 1. The Morgan fingerprint density at radius 2 is 2.10 bits per heavy atom. The molecule has 1 rings (SSSR count). The number of carbonyl (C=O) groups is 1. The largest absolute Gasteiger partial charge is 0.479 e. The monoisotopic (exact) mass is 295 g/mol. The minimum atomic E-state index is -0.542. The van der Waals surface area contributed by atoms with Crippen molar-refractivity contribution in [2.75, 3.05) is 20.3 Å². The standard InChI is InChI=1S/C15H25N3O3/c1-11(2)18-15(19)12(3)21-14-6-5-13(17-10-14)9-16-7-8-20-4/h5-6,10-12,16H,7-9H2,1-4H3,(H,18,19). The van der Waals surface area contributed by atoms with Crippen molar-refractivity contribution < 1.29 is 14.3 Å². The molecule has 6 heteroatoms. The van der Waals surface area contributed by atoms with E-state index in [0.29, 0.717) is 18.9 Å². The van der Waals surface area contributed by atoms with Crippen LogP contribution in [0.1, 0.15) is 26.5 Å². The molecule has 0 radical (unpaired) electrons. The van der Waals surface area contributed by atoms with Crippen LogP contribution in [0.5, 0.6) is 5.75 Å². The molecular weight excluding hydrogens is 270 g/mol. The number of rotatable bonds is 9. The van der Waals surface area contributed by atoms with Crippen molar-refractivity contribution in [2.24, 2.45) is 0 Å². The predicted octanol–water partition coefficient (Wildman–Crippen LogP) is 1.11. The summed E-state index contributed by atoms with van der Waals surface area (Å²) in [7, 11) is 1.67. The smallest absolute Gasteiger partial charge is 0.260 e. The van der Waals surface area contributed by atoms with Crippen LogP contribution in [0.15, 0.2) is 18.3 Å². The molecule has 2 N–H and O–H groups in total. The first-order valence-corrected chi connectivity index (χ1v) is 7.14. The van der Waals surface area contributed by atoms with Gasteiger partial charge in [0.2, 0.25) is 0 Å². The lowest BCUT2D eigenvalue weighted by atomic mass is 10.3. The Bertz CT molecular complexity index is 421. The summed E-state index contributed by atoms with van der Waals surface area (Å²) in [5.41, 5.74) is 0.915. The lowest BCUT2D eigenvalue weighted by molar-refractivity contribution is -0.127. The van der Waals surface area contributed by atoms with Gasteiger partial charge in [-0.05, 0) is 32.9 Å². The van der Waals surface area contributed by atoms with Gasteiger partial charge in [-0.3, -0.25) is 9.78 Å². The van der Waals surface area contributed by atoms with Gasteiger partial charge in [-0.25, -0.2) is 0 Å². The van der Waals surface area contributed by atoms with Gasteiger partial charge in [0.15, 0.2) is 6.10 Å². The highest BCUT2D eigenvalue weighted by Gasteiger charge is 2.15. The summed E-state index contributed by atoms with van der Waals surface area (Å²) in [6, 6.07) is 3.80. The summed E-state index contributed by atoms with van der Waals surface area (Å²) >= 11 is 0. The van der Waals surface area contributed by atoms with E-state index in [-0.39, 0.29) is 11.9 Å². The average Bonchev–Trinajstić information content (AvgIpc) is 2.44. The van der Waals surface area contributed by atoms with Gasteiger partial charge < -0.3 is 20.1 Å². The van der Waals surface area contributed by atoms with E-state index in [4.69, 9.17) is 9.47 Å². The normalized spacial score (nSPS) is 12.2. The van der Waals surface area contributed by atoms with E-state index in [1.165, 1.54) is 0 Å². The Labute approximate surface area is 126 Å². The maximum atomic E-state index is 11.7. The molecule has 1 heterocycles. The van der Waals surface area contributed by atoms with Crippen LogP contribution < -0.4 is 15.4 Å². The van der Waals surface area contributed by atoms with Gasteiger partial charge in [-0.2, -0.15) is 0 Å². The summed E-state index contributed by atoms with van der Waals surface area (Å²) in [6.07, 6.45) is 1.09. The third kappa shape index (κ3) is 7.06. The summed E-state index contributed by atoms with van der Waals surface area (Å²) in [6.45, 7) is 7.67. The Hall–Kier alpha value is -1.66. The maximum Gasteiger partial charge on any atom is 0.260 e. The Morgan fingerprint density at radius 3 is 2.67 bits per heavy atom. The number of hydrogen-bond acceptors (Lipinski definition) is 5. The molecule has 0 bridgehead atoms. The van der Waals surface area contributed by atoms with Crippen molar-refractivity contribution >= 4 is 5.91 Å². The molecule has 0 saturated heterocycles. The summed E-state index contributed by atoms with van der Waals surface area (Å²) < 4.78 is 10.5. The van der Waals surface area contributed by atoms with E-state index in [9.17, 15) is 4.79 Å². The average molecular weight is 295 g/mol. The van der Waals surface area contributed by atoms with Crippen molar-refractivity contribution in [1.82, 2.24) is 15.6 Å². The minimum absolute atomic E-state index is 0.0993. The molecule has 6 nitrogen and oxygen atoms in total. The minimum Gasteiger partial charge on any atom is -0.479 e. The number of hydrogen-bond donors (Lipinski definition) is 2. The highest BCUT2D eigenvalue weighted by Crippen LogP contribution is 2.11. The second-order valence-electron chi connectivity index (χ2n) is 5.08. The second-order valence-corrected chi connectivity index (χ2v) is 5.08. The number of carbonyl (C=O) groups excluding carboxylic acids is 1. The van der Waals surface area contributed by atoms with E-state index in [1.807, 2.05) is 26.0 Å². The lowest BCUT2D eigenvalue weighted by Gasteiger charge is -2.16. The number of nitrogens with zero attached hydrogens (tertiary/aromatic N) is 1. The van der Waals surface area contributed by atoms with Gasteiger partial charge >= 0.3 is 0 Å². The SMILES string of the molecule is COCCNCc1ccc(OC(C)C(=O)NC(C)C)cn1. The quantitative estimate of drug-likeness (QED) is 0.668. The summed E-state index contributed by atoms with van der Waals surface area (Å²) in [5.74, 6) is 0.456. The third-order valence-electron chi connectivity index (χ3n) is 2.70. The molecule has 21 heavy (non-hydrogen) atoms. The summed E-state index contributed by atoms with van der Waals surface area (Å²) in [4.78, 5) is 16.0. The van der Waals surface area contributed by atoms with E-state index >= 15 is 0 Å². The van der Waals surface area contributed by atoms with Crippen LogP contribution >= 0.6 is 0 Å². The predicted molar refractivity (Wildman–Crippen MR) is 81.2 cm³/mol. The molecule has 0 fully saturated rings. The van der Waals surface area contributed by atoms with Crippen LogP contribution in [0.25, 0.3) is 0 Å². The van der Waals surface area contributed by atoms with Gasteiger partial charge in [-0.1, -0.05) is 0 Å². The highest BCUT2D eigenvalue weighted by molar-refractivity contribution is 5.80. The fourth-order valence-electron chi connectivity index (χ4n) is 1.64. The molecule has 0 saturated carbocycles. The third-order valence-corrected chi connectivity index (χ3v) is 2.70. The zero-order chi connectivity index (χ0) is 15.7. The number of methoxy groups -OCH3 is 1. The van der Waals surface area contributed by atoms with Crippen LogP contribution in [0.2, 0.25) is 0 Å². The van der Waals surface area contributed by atoms with Crippen molar-refractivity contribution in [3.05, 3.63) is 24.0 Å². The number of nitrogens with one attached hydrogen (secondary N) is 2. The topological polar surface area (TPSA) is 72.5 Å². The van der Waals surface area contributed by atoms with Crippen LogP contribution in [0.4, 0.5) is 0 Å². The molecule has 0 aliphatic carbocycles. The van der Waals surface area contributed by atoms with Crippen molar-refractivity contribution in [2.45, 2.75) is 39.5 Å². The van der Waals surface area contributed by atoms with Crippen LogP contribution in [0, 0.1) is 0 Å². The maximum absolute atomic E-state index is 11.7. The van der Waals surface area contributed by atoms with Crippen molar-refractivity contribution in [3.63, 3.8) is 0 Å². The van der Waals surface area contributed by atoms with Gasteiger partial charge in [0.05, 0.1) is 18.5 Å². The number of ether oxygens (including phenoxy) is 2. The molecule has 1 aromatic heterocycles. The molecule has 118 valence electrons. The van der Waals surface area contributed by atoms with Gasteiger partial charge in [0, 0.05) is 26.2 Å². The zero-order valence-electron chi connectivity index (χ0n) is 13.2. The first-order valence-electron chi connectivity index (χ1n) is 7.14. The van der Waals surface area contributed by atoms with E-state index < -0.39 is 6.10 Å². The fourth-order valence-corrected chi connectivity index (χ4v) is 1.64. The molecule has 1 amide bonds. The molecule has 0 aromatic carbocycles. The van der Waals surface area contributed by atoms with E-state index in [0.717, 1.165) is 12.2 Å². The molecule has 1 aromatic rings. The lowest BCUT2D eigenvalue weighted by Crippen LogP contribution is -2.40. The number of amides is 1. The Kier molecular flexibility index (Phi) is 7.71. The van der Waals surface area contributed by atoms with Crippen LogP contribution in [0.3, 0.4) is 0 Å². The van der Waals surface area contributed by atoms with Gasteiger partial charge in [-0.15, -0.1) is 0 Å². The molecular formula is C15H25N3O3. The molecule has 0 spiro atoms. The molecule has 1 unspecified atom stereocenters.